The molecule has 0 bridgehead atoms. The van der Waals surface area contributed by atoms with Crippen molar-refractivity contribution in [2.45, 2.75) is 156 Å². The summed E-state index contributed by atoms with van der Waals surface area (Å²) in [5, 5.41) is 0. The van der Waals surface area contributed by atoms with E-state index in [2.05, 4.69) is 6.92 Å². The summed E-state index contributed by atoms with van der Waals surface area (Å²) in [5.41, 5.74) is 0.595. The van der Waals surface area contributed by atoms with Crippen molar-refractivity contribution in [2.24, 2.45) is 5.92 Å². The molecule has 0 radical (unpaired) electrons. The predicted octanol–water partition coefficient (Wildman–Crippen LogP) is 9.75. The third kappa shape index (κ3) is 13.5. The zero-order chi connectivity index (χ0) is 27.0. The Labute approximate surface area is 220 Å². The van der Waals surface area contributed by atoms with Crippen LogP contribution >= 0.6 is 0 Å². The Morgan fingerprint density at radius 2 is 1.14 bits per heavy atom. The molecule has 0 fully saturated rings. The van der Waals surface area contributed by atoms with E-state index < -0.39 is 17.6 Å². The van der Waals surface area contributed by atoms with Gasteiger partial charge < -0.3 is 14.2 Å². The van der Waals surface area contributed by atoms with Gasteiger partial charge in [-0.1, -0.05) is 70.8 Å². The van der Waals surface area contributed by atoms with Crippen LogP contribution in [-0.2, 0) is 20.6 Å². The van der Waals surface area contributed by atoms with Gasteiger partial charge in [0.2, 0.25) is 0 Å². The van der Waals surface area contributed by atoms with E-state index in [1.165, 1.54) is 38.2 Å². The summed E-state index contributed by atoms with van der Waals surface area (Å²) in [6, 6.07) is 3.87. The third-order valence-corrected chi connectivity index (χ3v) is 6.37. The normalized spacial score (nSPS) is 13.3. The molecule has 0 saturated carbocycles. The smallest absolute Gasteiger partial charge is 0.286 e. The van der Waals surface area contributed by atoms with Gasteiger partial charge in [0.1, 0.15) is 11.6 Å². The van der Waals surface area contributed by atoms with Crippen molar-refractivity contribution in [2.75, 3.05) is 0 Å². The molecule has 1 atom stereocenters. The van der Waals surface area contributed by atoms with E-state index in [1.807, 2.05) is 41.5 Å². The fourth-order valence-electron chi connectivity index (χ4n) is 4.81. The zero-order valence-corrected chi connectivity index (χ0v) is 24.2. The first kappa shape index (κ1) is 33.0. The van der Waals surface area contributed by atoms with Crippen LogP contribution < -0.4 is 0 Å². The maximum absolute atomic E-state index is 13.9. The van der Waals surface area contributed by atoms with E-state index in [-0.39, 0.29) is 24.2 Å². The molecule has 5 heteroatoms. The van der Waals surface area contributed by atoms with Crippen molar-refractivity contribution in [1.29, 1.82) is 0 Å². The second-order valence-electron chi connectivity index (χ2n) is 11.0. The summed E-state index contributed by atoms with van der Waals surface area (Å²) in [6.07, 6.45) is 14.1. The molecule has 0 aliphatic carbocycles. The molecule has 0 aliphatic rings. The second kappa shape index (κ2) is 18.3. The Balaban J connectivity index is 2.78. The highest BCUT2D eigenvalue weighted by molar-refractivity contribution is 5.18. The first-order valence-electron chi connectivity index (χ1n) is 14.6. The highest BCUT2D eigenvalue weighted by Crippen LogP contribution is 2.37. The largest absolute Gasteiger partial charge is 0.324 e. The lowest BCUT2D eigenvalue weighted by atomic mass is 9.91. The fraction of sp³-hybridized carbons (Fsp3) is 0.806. The van der Waals surface area contributed by atoms with E-state index in [9.17, 15) is 8.78 Å². The number of ether oxygens (including phenoxy) is 3. The lowest BCUT2D eigenvalue weighted by Gasteiger charge is -2.43. The predicted molar refractivity (Wildman–Crippen MR) is 146 cm³/mol. The van der Waals surface area contributed by atoms with Crippen LogP contribution in [0.2, 0.25) is 0 Å². The van der Waals surface area contributed by atoms with E-state index in [4.69, 9.17) is 14.2 Å². The molecule has 0 aliphatic heterocycles. The van der Waals surface area contributed by atoms with Gasteiger partial charge in [0.25, 0.3) is 5.97 Å². The van der Waals surface area contributed by atoms with Gasteiger partial charge in [-0.25, -0.2) is 8.78 Å². The number of hydrogen-bond donors (Lipinski definition) is 0. The molecule has 0 saturated heterocycles. The van der Waals surface area contributed by atoms with Gasteiger partial charge in [-0.3, -0.25) is 0 Å². The Morgan fingerprint density at radius 3 is 1.61 bits per heavy atom. The molecule has 1 rings (SSSR count). The first-order valence-corrected chi connectivity index (χ1v) is 14.6. The van der Waals surface area contributed by atoms with Crippen LogP contribution in [0.4, 0.5) is 8.78 Å². The molecule has 36 heavy (non-hydrogen) atoms. The van der Waals surface area contributed by atoms with Crippen LogP contribution in [0.3, 0.4) is 0 Å². The van der Waals surface area contributed by atoms with Crippen molar-refractivity contribution in [1.82, 2.24) is 0 Å². The molecule has 0 spiro atoms. The SMILES string of the molecule is CCCCCCCCC(CCCCCCc1ccc(F)cc1F)C(OC(C)C)(OC(C)C)OC(C)C. The van der Waals surface area contributed by atoms with Gasteiger partial charge in [0.15, 0.2) is 0 Å². The van der Waals surface area contributed by atoms with Crippen LogP contribution in [0.5, 0.6) is 0 Å². The Morgan fingerprint density at radius 1 is 0.667 bits per heavy atom. The van der Waals surface area contributed by atoms with E-state index in [1.54, 1.807) is 6.07 Å². The van der Waals surface area contributed by atoms with Crippen LogP contribution in [0.25, 0.3) is 0 Å². The molecule has 3 nitrogen and oxygen atoms in total. The van der Waals surface area contributed by atoms with Gasteiger partial charge >= 0.3 is 0 Å². The molecule has 0 N–H and O–H groups in total. The number of benzene rings is 1. The van der Waals surface area contributed by atoms with Crippen LogP contribution in [0, 0.1) is 17.6 Å². The number of rotatable bonds is 21. The number of unbranched alkanes of at least 4 members (excludes halogenated alkanes) is 8. The first-order chi connectivity index (χ1) is 17.1. The van der Waals surface area contributed by atoms with Crippen molar-refractivity contribution in [3.8, 4) is 0 Å². The second-order valence-corrected chi connectivity index (χ2v) is 11.0. The van der Waals surface area contributed by atoms with Crippen molar-refractivity contribution >= 4 is 0 Å². The summed E-state index contributed by atoms with van der Waals surface area (Å²) in [4.78, 5) is 0. The maximum Gasteiger partial charge on any atom is 0.286 e. The third-order valence-electron chi connectivity index (χ3n) is 6.37. The van der Waals surface area contributed by atoms with Crippen LogP contribution in [-0.4, -0.2) is 24.3 Å². The molecule has 0 aromatic heterocycles. The minimum atomic E-state index is -1.04. The molecule has 1 aromatic rings. The standard InChI is InChI=1S/C31H54F2O3/c1-8-9-10-11-12-16-19-28(31(34-24(2)3,35-25(4)5)36-26(6)7)20-17-14-13-15-18-27-21-22-29(32)23-30(27)33/h21-26,28H,8-20H2,1-7H3. The van der Waals surface area contributed by atoms with E-state index >= 15 is 0 Å². The number of hydrogen-bond acceptors (Lipinski definition) is 3. The molecule has 1 unspecified atom stereocenters. The molecular formula is C31H54F2O3. The zero-order valence-electron chi connectivity index (χ0n) is 24.2. The highest BCUT2D eigenvalue weighted by Gasteiger charge is 2.44. The van der Waals surface area contributed by atoms with Gasteiger partial charge in [-0.2, -0.15) is 0 Å². The summed E-state index contributed by atoms with van der Waals surface area (Å²) in [6.45, 7) is 14.5. The molecule has 0 heterocycles. The molecule has 1 aromatic carbocycles. The number of halogens is 2. The lowest BCUT2D eigenvalue weighted by Crippen LogP contribution is -2.50. The summed E-state index contributed by atoms with van der Waals surface area (Å²) in [5.74, 6) is -1.87. The Bertz CT molecular complexity index is 664. The monoisotopic (exact) mass is 512 g/mol. The topological polar surface area (TPSA) is 27.7 Å². The van der Waals surface area contributed by atoms with Crippen LogP contribution in [0.15, 0.2) is 18.2 Å². The van der Waals surface area contributed by atoms with Crippen molar-refractivity contribution < 1.29 is 23.0 Å². The minimum absolute atomic E-state index is 0.0137. The van der Waals surface area contributed by atoms with Crippen molar-refractivity contribution in [3.05, 3.63) is 35.4 Å². The van der Waals surface area contributed by atoms with Gasteiger partial charge in [0.05, 0.1) is 18.3 Å². The minimum Gasteiger partial charge on any atom is -0.324 e. The quantitative estimate of drug-likeness (QED) is 0.121. The summed E-state index contributed by atoms with van der Waals surface area (Å²) < 4.78 is 46.4. The molecule has 0 amide bonds. The Hall–Kier alpha value is -1.04. The van der Waals surface area contributed by atoms with E-state index in [0.29, 0.717) is 12.0 Å². The maximum atomic E-state index is 13.9. The Kier molecular flexibility index (Phi) is 16.7. The fourth-order valence-corrected chi connectivity index (χ4v) is 4.81. The van der Waals surface area contributed by atoms with Crippen LogP contribution in [0.1, 0.15) is 131 Å². The summed E-state index contributed by atoms with van der Waals surface area (Å²) in [7, 11) is 0. The summed E-state index contributed by atoms with van der Waals surface area (Å²) >= 11 is 0. The number of aryl methyl sites for hydroxylation is 1. The average molecular weight is 513 g/mol. The highest BCUT2D eigenvalue weighted by atomic mass is 19.1. The van der Waals surface area contributed by atoms with Crippen molar-refractivity contribution in [3.63, 3.8) is 0 Å². The van der Waals surface area contributed by atoms with Gasteiger partial charge in [0, 0.05) is 12.0 Å². The van der Waals surface area contributed by atoms with Gasteiger partial charge in [-0.05, 0) is 78.9 Å². The lowest BCUT2D eigenvalue weighted by molar-refractivity contribution is -0.433. The van der Waals surface area contributed by atoms with E-state index in [0.717, 1.165) is 51.0 Å². The molecule has 210 valence electrons. The molecular weight excluding hydrogens is 458 g/mol. The average Bonchev–Trinajstić information content (AvgIpc) is 2.76. The van der Waals surface area contributed by atoms with Gasteiger partial charge in [-0.15, -0.1) is 0 Å².